The van der Waals surface area contributed by atoms with Crippen molar-refractivity contribution < 1.29 is 33.2 Å². The predicted octanol–water partition coefficient (Wildman–Crippen LogP) is 3.06. The van der Waals surface area contributed by atoms with Crippen molar-refractivity contribution in [3.05, 3.63) is 71.4 Å². The lowest BCUT2D eigenvalue weighted by Crippen LogP contribution is -2.47. The quantitative estimate of drug-likeness (QED) is 0.262. The van der Waals surface area contributed by atoms with E-state index in [0.29, 0.717) is 36.7 Å². The van der Waals surface area contributed by atoms with Crippen LogP contribution in [0.3, 0.4) is 0 Å². The van der Waals surface area contributed by atoms with Crippen LogP contribution >= 0.6 is 0 Å². The molecule has 0 atom stereocenters. The fourth-order valence-corrected chi connectivity index (χ4v) is 5.35. The van der Waals surface area contributed by atoms with Gasteiger partial charge >= 0.3 is 19.1 Å². The number of carbonyl (C=O) groups excluding carboxylic acids is 3. The summed E-state index contributed by atoms with van der Waals surface area (Å²) in [6.07, 6.45) is 2.37. The highest BCUT2D eigenvalue weighted by atomic mass is 16.6. The molecule has 2 aromatic carbocycles. The van der Waals surface area contributed by atoms with Gasteiger partial charge in [-0.15, -0.1) is 0 Å². The molecule has 43 heavy (non-hydrogen) atoms. The molecule has 11 heteroatoms. The van der Waals surface area contributed by atoms with Crippen molar-refractivity contribution in [2.75, 3.05) is 39.8 Å². The molecule has 0 bridgehead atoms. The molecule has 0 aliphatic carbocycles. The van der Waals surface area contributed by atoms with Crippen LogP contribution in [0.2, 0.25) is 0 Å². The third-order valence-electron chi connectivity index (χ3n) is 7.42. The van der Waals surface area contributed by atoms with E-state index in [4.69, 9.17) is 18.8 Å². The van der Waals surface area contributed by atoms with Crippen LogP contribution in [0, 0.1) is 13.8 Å². The lowest BCUT2D eigenvalue weighted by Gasteiger charge is -2.22. The third-order valence-corrected chi connectivity index (χ3v) is 7.42. The Kier molecular flexibility index (Phi) is 9.61. The molecule has 0 spiro atoms. The molecule has 1 aromatic heterocycles. The SMILES string of the molecule is Cc1cc(OCCCN2CCCC2=O)nc(C)c1-c1cccc(COc2ccc(B3OC(=O)CN(C)CC(=O)O3)cc2)c1. The molecule has 1 amide bonds. The summed E-state index contributed by atoms with van der Waals surface area (Å²) in [7, 11) is 0.566. The molecule has 3 heterocycles. The van der Waals surface area contributed by atoms with Gasteiger partial charge in [-0.25, -0.2) is 4.98 Å². The fraction of sp³-hybridized carbons (Fsp3) is 0.375. The number of amides is 1. The highest BCUT2D eigenvalue weighted by Gasteiger charge is 2.33. The third kappa shape index (κ3) is 7.92. The van der Waals surface area contributed by atoms with E-state index in [2.05, 4.69) is 17.1 Å². The molecule has 2 aliphatic heterocycles. The van der Waals surface area contributed by atoms with E-state index in [-0.39, 0.29) is 19.0 Å². The lowest BCUT2D eigenvalue weighted by molar-refractivity contribution is -0.145. The molecule has 10 nitrogen and oxygen atoms in total. The number of aromatic nitrogens is 1. The number of likely N-dealkylation sites (tertiary alicyclic amines) is 1. The van der Waals surface area contributed by atoms with Crippen LogP contribution in [0.5, 0.6) is 11.6 Å². The summed E-state index contributed by atoms with van der Waals surface area (Å²) < 4.78 is 22.6. The maximum Gasteiger partial charge on any atom is 0.636 e. The molecule has 3 aromatic rings. The molecule has 0 saturated carbocycles. The largest absolute Gasteiger partial charge is 0.636 e. The van der Waals surface area contributed by atoms with Crippen molar-refractivity contribution >= 4 is 30.4 Å². The molecular formula is C32H36BN3O7. The van der Waals surface area contributed by atoms with Crippen LogP contribution in [0.4, 0.5) is 0 Å². The Labute approximate surface area is 252 Å². The molecule has 2 fully saturated rings. The first kappa shape index (κ1) is 30.1. The van der Waals surface area contributed by atoms with E-state index in [1.165, 1.54) is 0 Å². The van der Waals surface area contributed by atoms with Gasteiger partial charge in [-0.3, -0.25) is 19.3 Å². The van der Waals surface area contributed by atoms with E-state index in [0.717, 1.165) is 53.9 Å². The summed E-state index contributed by atoms with van der Waals surface area (Å²) in [4.78, 5) is 44.0. The smallest absolute Gasteiger partial charge is 0.494 e. The second kappa shape index (κ2) is 13.7. The van der Waals surface area contributed by atoms with Gasteiger partial charge in [0.15, 0.2) is 0 Å². The number of pyridine rings is 1. The Morgan fingerprint density at radius 1 is 0.953 bits per heavy atom. The maximum atomic E-state index is 12.1. The van der Waals surface area contributed by atoms with Gasteiger partial charge in [0.25, 0.3) is 0 Å². The number of nitrogens with zero attached hydrogens (tertiary/aromatic N) is 3. The van der Waals surface area contributed by atoms with Gasteiger partial charge < -0.3 is 23.7 Å². The number of ether oxygens (including phenoxy) is 2. The standard InChI is InChI=1S/C32H36BN3O7/c1-22-17-28(40-16-6-15-36-14-5-9-29(36)37)34-23(2)32(22)25-8-4-7-24(18-25)21-41-27-12-10-26(11-13-27)33-42-30(38)19-35(3)20-31(39)43-33/h4,7-8,10-13,17-18H,5-6,9,14-16,19-21H2,1-3H3. The van der Waals surface area contributed by atoms with Gasteiger partial charge in [0, 0.05) is 42.3 Å². The van der Waals surface area contributed by atoms with Crippen molar-refractivity contribution in [3.63, 3.8) is 0 Å². The molecular weight excluding hydrogens is 549 g/mol. The van der Waals surface area contributed by atoms with E-state index in [1.807, 2.05) is 36.9 Å². The number of aryl methyl sites for hydroxylation is 2. The van der Waals surface area contributed by atoms with Gasteiger partial charge in [-0.05, 0) is 68.6 Å². The van der Waals surface area contributed by atoms with Crippen molar-refractivity contribution in [1.29, 1.82) is 0 Å². The van der Waals surface area contributed by atoms with Crippen LogP contribution in [0.25, 0.3) is 11.1 Å². The van der Waals surface area contributed by atoms with Crippen molar-refractivity contribution in [1.82, 2.24) is 14.8 Å². The average Bonchev–Trinajstić information content (AvgIpc) is 3.37. The first-order chi connectivity index (χ1) is 20.7. The number of benzene rings is 2. The topological polar surface area (TPSA) is 108 Å². The minimum Gasteiger partial charge on any atom is -0.494 e. The lowest BCUT2D eigenvalue weighted by atomic mass is 9.78. The highest BCUT2D eigenvalue weighted by molar-refractivity contribution is 6.64. The van der Waals surface area contributed by atoms with E-state index >= 15 is 0 Å². The van der Waals surface area contributed by atoms with E-state index < -0.39 is 19.1 Å². The summed E-state index contributed by atoms with van der Waals surface area (Å²) in [6, 6.07) is 17.0. The monoisotopic (exact) mass is 585 g/mol. The van der Waals surface area contributed by atoms with Gasteiger partial charge in [-0.1, -0.05) is 30.3 Å². The summed E-state index contributed by atoms with van der Waals surface area (Å²) in [6.45, 7) is 6.48. The first-order valence-corrected chi connectivity index (χ1v) is 14.5. The first-order valence-electron chi connectivity index (χ1n) is 14.5. The number of rotatable bonds is 10. The van der Waals surface area contributed by atoms with Crippen molar-refractivity contribution in [2.24, 2.45) is 0 Å². The fourth-order valence-electron chi connectivity index (χ4n) is 5.35. The Balaban J connectivity index is 1.17. The summed E-state index contributed by atoms with van der Waals surface area (Å²) in [5, 5.41) is 0. The predicted molar refractivity (Wildman–Crippen MR) is 161 cm³/mol. The minimum absolute atomic E-state index is 0.0158. The zero-order valence-electron chi connectivity index (χ0n) is 24.8. The number of hydrogen-bond donors (Lipinski definition) is 0. The Hall–Kier alpha value is -4.38. The highest BCUT2D eigenvalue weighted by Crippen LogP contribution is 2.30. The van der Waals surface area contributed by atoms with Crippen LogP contribution in [0.1, 0.15) is 36.1 Å². The minimum atomic E-state index is -1.09. The Morgan fingerprint density at radius 3 is 2.37 bits per heavy atom. The zero-order chi connectivity index (χ0) is 30.3. The van der Waals surface area contributed by atoms with E-state index in [1.54, 1.807) is 36.2 Å². The van der Waals surface area contributed by atoms with Crippen molar-refractivity contribution in [3.8, 4) is 22.8 Å². The zero-order valence-corrected chi connectivity index (χ0v) is 24.8. The second-order valence-electron chi connectivity index (χ2n) is 11.0. The molecule has 0 unspecified atom stereocenters. The normalized spacial score (nSPS) is 16.0. The average molecular weight is 585 g/mol. The van der Waals surface area contributed by atoms with E-state index in [9.17, 15) is 14.4 Å². The Bertz CT molecular complexity index is 1440. The van der Waals surface area contributed by atoms with Crippen LogP contribution < -0.4 is 14.9 Å². The molecule has 0 radical (unpaired) electrons. The molecule has 2 saturated heterocycles. The van der Waals surface area contributed by atoms with Crippen LogP contribution in [-0.4, -0.2) is 79.6 Å². The Morgan fingerprint density at radius 2 is 1.70 bits per heavy atom. The second-order valence-corrected chi connectivity index (χ2v) is 11.0. The van der Waals surface area contributed by atoms with Gasteiger partial charge in [0.05, 0.1) is 19.7 Å². The molecule has 224 valence electrons. The van der Waals surface area contributed by atoms with Crippen LogP contribution in [0.15, 0.2) is 54.6 Å². The van der Waals surface area contributed by atoms with Gasteiger partial charge in [-0.2, -0.15) is 0 Å². The summed E-state index contributed by atoms with van der Waals surface area (Å²) >= 11 is 0. The number of hydrogen-bond acceptors (Lipinski definition) is 9. The summed E-state index contributed by atoms with van der Waals surface area (Å²) in [5.41, 5.74) is 5.57. The molecule has 5 rings (SSSR count). The molecule has 2 aliphatic rings. The molecule has 0 N–H and O–H groups in total. The maximum absolute atomic E-state index is 12.1. The number of likely N-dealkylation sites (N-methyl/N-ethyl adjacent to an activating group) is 1. The summed E-state index contributed by atoms with van der Waals surface area (Å²) in [5.74, 6) is 0.522. The van der Waals surface area contributed by atoms with Gasteiger partial charge in [0.1, 0.15) is 12.4 Å². The van der Waals surface area contributed by atoms with Crippen molar-refractivity contribution in [2.45, 2.75) is 39.7 Å². The number of carbonyl (C=O) groups is 3. The van der Waals surface area contributed by atoms with Gasteiger partial charge in [0.2, 0.25) is 11.8 Å². The van der Waals surface area contributed by atoms with Crippen LogP contribution in [-0.2, 0) is 30.3 Å².